The molecule has 3 aromatic heterocycles. The lowest BCUT2D eigenvalue weighted by atomic mass is 10.1. The fraction of sp³-hybridized carbons (Fsp3) is 0.107. The summed E-state index contributed by atoms with van der Waals surface area (Å²) in [5.41, 5.74) is 6.03. The summed E-state index contributed by atoms with van der Waals surface area (Å²) in [6.45, 7) is 1.49. The molecule has 0 unspecified atom stereocenters. The number of hydrogen-bond donors (Lipinski definition) is 0. The molecule has 0 N–H and O–H groups in total. The van der Waals surface area contributed by atoms with Crippen LogP contribution < -0.4 is 9.64 Å². The first-order valence-corrected chi connectivity index (χ1v) is 11.4. The zero-order chi connectivity index (χ0) is 23.6. The van der Waals surface area contributed by atoms with Gasteiger partial charge >= 0.3 is 0 Å². The van der Waals surface area contributed by atoms with Crippen molar-refractivity contribution >= 4 is 29.0 Å². The van der Waals surface area contributed by atoms with Gasteiger partial charge in [0.2, 0.25) is 5.95 Å². The van der Waals surface area contributed by atoms with E-state index in [-0.39, 0.29) is 0 Å². The van der Waals surface area contributed by atoms with Crippen LogP contribution in [0.3, 0.4) is 0 Å². The molecular weight excluding hydrogens is 436 g/mol. The Balaban J connectivity index is 1.26. The van der Waals surface area contributed by atoms with Gasteiger partial charge in [0.1, 0.15) is 11.4 Å². The van der Waals surface area contributed by atoms with Crippen LogP contribution in [0.15, 0.2) is 79.3 Å². The Labute approximate surface area is 202 Å². The van der Waals surface area contributed by atoms with E-state index in [1.54, 1.807) is 19.5 Å². The van der Waals surface area contributed by atoms with Crippen molar-refractivity contribution in [1.29, 1.82) is 0 Å². The zero-order valence-electron chi connectivity index (χ0n) is 19.2. The maximum absolute atomic E-state index is 5.36. The molecule has 4 heterocycles. The molecule has 6 rings (SSSR count). The first-order chi connectivity index (χ1) is 17.3. The average molecular weight is 459 g/mol. The van der Waals surface area contributed by atoms with Crippen LogP contribution in [-0.4, -0.2) is 32.0 Å². The normalized spacial score (nSPS) is 12.9. The van der Waals surface area contributed by atoms with Gasteiger partial charge in [-0.25, -0.2) is 19.9 Å². The van der Waals surface area contributed by atoms with Crippen LogP contribution in [-0.2, 0) is 13.1 Å². The van der Waals surface area contributed by atoms with Gasteiger partial charge in [-0.3, -0.25) is 4.98 Å². The number of anilines is 1. The maximum atomic E-state index is 5.36. The van der Waals surface area contributed by atoms with Crippen LogP contribution in [0.1, 0.15) is 22.4 Å². The number of pyridine rings is 1. The fourth-order valence-corrected chi connectivity index (χ4v) is 4.29. The number of fused-ring (bicyclic) bond motifs is 2. The van der Waals surface area contributed by atoms with Crippen LogP contribution in [0.5, 0.6) is 5.75 Å². The highest BCUT2D eigenvalue weighted by Gasteiger charge is 2.22. The summed E-state index contributed by atoms with van der Waals surface area (Å²) in [4.78, 5) is 25.1. The summed E-state index contributed by atoms with van der Waals surface area (Å²) in [5.74, 6) is 2.08. The molecule has 7 nitrogen and oxygen atoms in total. The van der Waals surface area contributed by atoms with Crippen LogP contribution >= 0.6 is 0 Å². The first kappa shape index (κ1) is 20.9. The van der Waals surface area contributed by atoms with Gasteiger partial charge in [0.15, 0.2) is 5.82 Å². The van der Waals surface area contributed by atoms with Gasteiger partial charge in [-0.15, -0.1) is 0 Å². The SMILES string of the molecule is COc1ccc2c(c1)CN(c1nccc(-c3nccc(/C=C/c4ccnc5ccccc45)n3)n1)C2. The van der Waals surface area contributed by atoms with Crippen molar-refractivity contribution in [2.24, 2.45) is 0 Å². The fourth-order valence-electron chi connectivity index (χ4n) is 4.29. The molecule has 5 aromatic rings. The van der Waals surface area contributed by atoms with E-state index in [1.807, 2.05) is 54.7 Å². The highest BCUT2D eigenvalue weighted by atomic mass is 16.5. The lowest BCUT2D eigenvalue weighted by molar-refractivity contribution is 0.414. The van der Waals surface area contributed by atoms with Crippen molar-refractivity contribution in [3.63, 3.8) is 0 Å². The third-order valence-electron chi connectivity index (χ3n) is 6.08. The topological polar surface area (TPSA) is 76.9 Å². The van der Waals surface area contributed by atoms with Gasteiger partial charge in [-0.2, -0.15) is 0 Å². The molecule has 0 amide bonds. The van der Waals surface area contributed by atoms with Gasteiger partial charge in [0.05, 0.1) is 18.3 Å². The molecule has 1 aliphatic heterocycles. The van der Waals surface area contributed by atoms with Crippen molar-refractivity contribution in [2.45, 2.75) is 13.1 Å². The first-order valence-electron chi connectivity index (χ1n) is 11.4. The molecule has 0 bridgehead atoms. The van der Waals surface area contributed by atoms with Gasteiger partial charge in [-0.1, -0.05) is 30.3 Å². The predicted molar refractivity (Wildman–Crippen MR) is 137 cm³/mol. The van der Waals surface area contributed by atoms with Crippen LogP contribution in [0.25, 0.3) is 34.6 Å². The molecule has 35 heavy (non-hydrogen) atoms. The van der Waals surface area contributed by atoms with Crippen LogP contribution in [0, 0.1) is 0 Å². The quantitative estimate of drug-likeness (QED) is 0.359. The summed E-state index contributed by atoms with van der Waals surface area (Å²) >= 11 is 0. The molecule has 0 spiro atoms. The Hall–Kier alpha value is -4.65. The lowest BCUT2D eigenvalue weighted by Gasteiger charge is -2.15. The molecule has 0 saturated carbocycles. The molecule has 0 saturated heterocycles. The van der Waals surface area contributed by atoms with E-state index in [4.69, 9.17) is 14.7 Å². The molecule has 0 aliphatic carbocycles. The highest BCUT2D eigenvalue weighted by Crippen LogP contribution is 2.29. The average Bonchev–Trinajstić information content (AvgIpc) is 3.36. The van der Waals surface area contributed by atoms with E-state index >= 15 is 0 Å². The molecule has 170 valence electrons. The van der Waals surface area contributed by atoms with E-state index in [0.29, 0.717) is 17.5 Å². The van der Waals surface area contributed by atoms with Gasteiger partial charge in [0, 0.05) is 37.1 Å². The largest absolute Gasteiger partial charge is 0.497 e. The molecule has 0 fully saturated rings. The van der Waals surface area contributed by atoms with E-state index in [9.17, 15) is 0 Å². The number of benzene rings is 2. The Morgan fingerprint density at radius 3 is 2.60 bits per heavy atom. The van der Waals surface area contributed by atoms with Gasteiger partial charge < -0.3 is 9.64 Å². The summed E-state index contributed by atoms with van der Waals surface area (Å²) in [7, 11) is 1.68. The second-order valence-electron chi connectivity index (χ2n) is 8.29. The van der Waals surface area contributed by atoms with E-state index < -0.39 is 0 Å². The smallest absolute Gasteiger partial charge is 0.226 e. The number of para-hydroxylation sites is 1. The number of ether oxygens (including phenoxy) is 1. The Kier molecular flexibility index (Phi) is 5.35. The maximum Gasteiger partial charge on any atom is 0.226 e. The molecule has 0 atom stereocenters. The minimum Gasteiger partial charge on any atom is -0.497 e. The Morgan fingerprint density at radius 1 is 0.800 bits per heavy atom. The van der Waals surface area contributed by atoms with Gasteiger partial charge in [0.25, 0.3) is 0 Å². The van der Waals surface area contributed by atoms with Crippen LogP contribution in [0.4, 0.5) is 5.95 Å². The standard InChI is InChI=1S/C28H22N6O/c1-35-23-9-7-20-17-34(18-21(20)16-23)28-31-15-12-26(33-28)27-30-14-11-22(32-27)8-6-19-10-13-29-25-5-3-2-4-24(19)25/h2-16H,17-18H2,1H3/b8-6+. The van der Waals surface area contributed by atoms with Crippen molar-refractivity contribution in [3.05, 3.63) is 102 Å². The van der Waals surface area contributed by atoms with Crippen molar-refractivity contribution in [3.8, 4) is 17.3 Å². The van der Waals surface area contributed by atoms with Crippen LogP contribution in [0.2, 0.25) is 0 Å². The van der Waals surface area contributed by atoms with E-state index in [1.165, 1.54) is 11.1 Å². The van der Waals surface area contributed by atoms with Crippen molar-refractivity contribution in [1.82, 2.24) is 24.9 Å². The number of hydrogen-bond acceptors (Lipinski definition) is 7. The minimum atomic E-state index is 0.564. The molecule has 0 radical (unpaired) electrons. The number of rotatable bonds is 5. The summed E-state index contributed by atoms with van der Waals surface area (Å²) in [6, 6.07) is 20.0. The molecular formula is C28H22N6O. The molecule has 1 aliphatic rings. The predicted octanol–water partition coefficient (Wildman–Crippen LogP) is 5.18. The second kappa shape index (κ2) is 8.95. The van der Waals surface area contributed by atoms with E-state index in [0.717, 1.165) is 41.0 Å². The summed E-state index contributed by atoms with van der Waals surface area (Å²) in [6.07, 6.45) is 9.38. The summed E-state index contributed by atoms with van der Waals surface area (Å²) in [5, 5.41) is 1.10. The number of aromatic nitrogens is 5. The summed E-state index contributed by atoms with van der Waals surface area (Å²) < 4.78 is 5.36. The third kappa shape index (κ3) is 4.19. The zero-order valence-corrected chi connectivity index (χ0v) is 19.2. The number of nitrogens with zero attached hydrogens (tertiary/aromatic N) is 6. The Morgan fingerprint density at radius 2 is 1.66 bits per heavy atom. The van der Waals surface area contributed by atoms with Crippen molar-refractivity contribution < 1.29 is 4.74 Å². The lowest BCUT2D eigenvalue weighted by Crippen LogP contribution is -2.17. The minimum absolute atomic E-state index is 0.564. The van der Waals surface area contributed by atoms with Crippen molar-refractivity contribution in [2.75, 3.05) is 12.0 Å². The molecule has 7 heteroatoms. The van der Waals surface area contributed by atoms with E-state index in [2.05, 4.69) is 44.1 Å². The monoisotopic (exact) mass is 458 g/mol. The second-order valence-corrected chi connectivity index (χ2v) is 8.29. The Bertz CT molecular complexity index is 1560. The van der Waals surface area contributed by atoms with Gasteiger partial charge in [-0.05, 0) is 59.2 Å². The highest BCUT2D eigenvalue weighted by molar-refractivity contribution is 5.90. The number of methoxy groups -OCH3 is 1. The molecule has 2 aromatic carbocycles. The third-order valence-corrected chi connectivity index (χ3v) is 6.08.